The fourth-order valence-corrected chi connectivity index (χ4v) is 7.68. The van der Waals surface area contributed by atoms with Crippen LogP contribution in [0.5, 0.6) is 5.75 Å². The number of nitrogens with two attached hydrogens (primary N) is 1. The number of aliphatic hydroxyl groups excluding tert-OH is 2. The van der Waals surface area contributed by atoms with Gasteiger partial charge in [-0.2, -0.15) is 0 Å². The molecule has 1 amide bonds. The molecular weight excluding hydrogens is 521 g/mol. The smallest absolute Gasteiger partial charge is 0.255 e. The molecule has 4 atom stereocenters. The fraction of sp³-hybridized carbons (Fsp3) is 0.552. The lowest BCUT2D eigenvalue weighted by Crippen LogP contribution is -2.63. The number of likely N-dealkylation sites (N-methyl/N-ethyl adjacent to an activating group) is 1. The minimum Gasteiger partial charge on any atom is -0.510 e. The Hall–Kier alpha value is -3.28. The van der Waals surface area contributed by atoms with Crippen molar-refractivity contribution in [3.8, 4) is 5.75 Å². The number of benzene rings is 1. The Balaban J connectivity index is 1.49. The third kappa shape index (κ3) is 3.28. The van der Waals surface area contributed by atoms with E-state index in [1.54, 1.807) is 14.1 Å². The van der Waals surface area contributed by atoms with Gasteiger partial charge < -0.3 is 26.2 Å². The number of fused-ring (bicyclic) bond motifs is 4. The minimum atomic E-state index is -2.72. The number of ketones is 2. The Morgan fingerprint density at radius 2 is 1.73 bits per heavy atom. The van der Waals surface area contributed by atoms with Gasteiger partial charge >= 0.3 is 0 Å². The molecule has 1 saturated carbocycles. The molecule has 0 spiro atoms. The van der Waals surface area contributed by atoms with Gasteiger partial charge in [-0.3, -0.25) is 24.2 Å². The fourth-order valence-electron chi connectivity index (χ4n) is 7.68. The monoisotopic (exact) mass is 555 g/mol. The van der Waals surface area contributed by atoms with E-state index in [0.29, 0.717) is 23.6 Å². The van der Waals surface area contributed by atoms with Gasteiger partial charge in [-0.25, -0.2) is 4.39 Å². The molecule has 6 N–H and O–H groups in total. The normalized spacial score (nSPS) is 30.4. The van der Waals surface area contributed by atoms with Crippen LogP contribution in [0.3, 0.4) is 0 Å². The first-order valence-electron chi connectivity index (χ1n) is 13.6. The van der Waals surface area contributed by atoms with E-state index in [1.165, 1.54) is 4.90 Å². The van der Waals surface area contributed by atoms with Crippen molar-refractivity contribution in [3.05, 3.63) is 50.7 Å². The summed E-state index contributed by atoms with van der Waals surface area (Å²) in [7, 11) is 3.12. The third-order valence-electron chi connectivity index (χ3n) is 10.1. The van der Waals surface area contributed by atoms with E-state index in [4.69, 9.17) is 5.73 Å². The number of carbonyl (C=O) groups is 3. The molecular formula is C29H34FN3O7. The van der Waals surface area contributed by atoms with Crippen LogP contribution in [0.15, 0.2) is 22.7 Å². The summed E-state index contributed by atoms with van der Waals surface area (Å²) in [6, 6.07) is -1.10. The number of Topliss-reactive ketones (excluding diaryl/α,β-unsaturated/α-hetero) is 2. The minimum absolute atomic E-state index is 0.0421. The lowest BCUT2D eigenvalue weighted by Gasteiger charge is -2.50. The van der Waals surface area contributed by atoms with Crippen LogP contribution in [-0.2, 0) is 29.1 Å². The number of rotatable bonds is 4. The van der Waals surface area contributed by atoms with Crippen molar-refractivity contribution >= 4 is 17.5 Å². The summed E-state index contributed by atoms with van der Waals surface area (Å²) in [4.78, 5) is 43.0. The van der Waals surface area contributed by atoms with Gasteiger partial charge in [0.2, 0.25) is 5.78 Å². The van der Waals surface area contributed by atoms with Gasteiger partial charge in [0.05, 0.1) is 11.6 Å². The molecule has 0 unspecified atom stereocenters. The maximum Gasteiger partial charge on any atom is 0.255 e. The van der Waals surface area contributed by atoms with Crippen molar-refractivity contribution < 1.29 is 39.2 Å². The van der Waals surface area contributed by atoms with Crippen molar-refractivity contribution in [3.63, 3.8) is 0 Å². The number of allylic oxidation sites excluding steroid dienone is 1. The molecule has 40 heavy (non-hydrogen) atoms. The van der Waals surface area contributed by atoms with E-state index < -0.39 is 63.9 Å². The quantitative estimate of drug-likeness (QED) is 0.348. The number of amides is 1. The molecule has 214 valence electrons. The van der Waals surface area contributed by atoms with Crippen molar-refractivity contribution in [1.29, 1.82) is 0 Å². The summed E-state index contributed by atoms with van der Waals surface area (Å²) in [6.07, 6.45) is 2.02. The van der Waals surface area contributed by atoms with Gasteiger partial charge in [0.15, 0.2) is 11.4 Å². The first-order chi connectivity index (χ1) is 18.6. The van der Waals surface area contributed by atoms with Gasteiger partial charge in [-0.1, -0.05) is 0 Å². The number of primary amides is 1. The molecule has 5 aliphatic rings. The largest absolute Gasteiger partial charge is 0.510 e. The highest BCUT2D eigenvalue weighted by Crippen LogP contribution is 2.54. The Morgan fingerprint density at radius 1 is 1.10 bits per heavy atom. The second-order valence-corrected chi connectivity index (χ2v) is 12.7. The second-order valence-electron chi connectivity index (χ2n) is 12.7. The molecule has 1 heterocycles. The standard InChI is InChI=1S/C29H34FN3O7/c1-28(2,12-5-6-12)33-9-14-15(10-33)22(34)18-13(20(14)30)7-11-8-16-21(32(3)4)24(36)19(27(31)39)26(38)29(16,40)25(37)17(11)23(18)35/h11-12,16,21,34,36-37,40H,5-10H2,1-4H3,(H2,31,39)/t11-,16-,21-,29-/m0/s1. The summed E-state index contributed by atoms with van der Waals surface area (Å²) in [6.45, 7) is 4.75. The van der Waals surface area contributed by atoms with E-state index in [9.17, 15) is 34.8 Å². The van der Waals surface area contributed by atoms with E-state index in [2.05, 4.69) is 18.7 Å². The second kappa shape index (κ2) is 8.37. The zero-order valence-corrected chi connectivity index (χ0v) is 22.9. The van der Waals surface area contributed by atoms with Crippen LogP contribution in [0.25, 0.3) is 0 Å². The molecule has 0 saturated heterocycles. The van der Waals surface area contributed by atoms with Gasteiger partial charge in [0.25, 0.3) is 5.91 Å². The van der Waals surface area contributed by atoms with E-state index >= 15 is 4.39 Å². The first kappa shape index (κ1) is 26.9. The average molecular weight is 556 g/mol. The van der Waals surface area contributed by atoms with Crippen molar-refractivity contribution in [2.45, 2.75) is 69.8 Å². The van der Waals surface area contributed by atoms with E-state index in [-0.39, 0.29) is 47.4 Å². The number of carbonyl (C=O) groups excluding carboxylic acids is 3. The number of nitrogens with zero attached hydrogens (tertiary/aromatic N) is 2. The van der Waals surface area contributed by atoms with E-state index in [0.717, 1.165) is 12.8 Å². The maximum absolute atomic E-state index is 16.1. The molecule has 0 bridgehead atoms. The van der Waals surface area contributed by atoms with Crippen LogP contribution in [0.1, 0.15) is 60.2 Å². The Morgan fingerprint density at radius 3 is 2.30 bits per heavy atom. The van der Waals surface area contributed by atoms with Crippen LogP contribution in [0.4, 0.5) is 4.39 Å². The van der Waals surface area contributed by atoms with Gasteiger partial charge in [-0.05, 0) is 65.5 Å². The number of phenols is 1. The molecule has 0 radical (unpaired) electrons. The van der Waals surface area contributed by atoms with Crippen LogP contribution >= 0.6 is 0 Å². The van der Waals surface area contributed by atoms with Crippen molar-refractivity contribution in [2.24, 2.45) is 23.5 Å². The molecule has 0 aromatic heterocycles. The Labute approximate surface area is 230 Å². The Kier molecular flexibility index (Phi) is 5.63. The molecule has 10 nitrogen and oxygen atoms in total. The number of aromatic hydroxyl groups is 1. The summed E-state index contributed by atoms with van der Waals surface area (Å²) in [5.41, 5.74) is 1.72. The third-order valence-corrected chi connectivity index (χ3v) is 10.1. The van der Waals surface area contributed by atoms with Crippen molar-refractivity contribution in [1.82, 2.24) is 9.80 Å². The van der Waals surface area contributed by atoms with E-state index in [1.807, 2.05) is 0 Å². The predicted molar refractivity (Wildman–Crippen MR) is 140 cm³/mol. The molecule has 11 heteroatoms. The number of aliphatic hydroxyl groups is 3. The predicted octanol–water partition coefficient (Wildman–Crippen LogP) is 1.76. The SMILES string of the molecule is CN(C)[C@@H]1C(O)=C(C(N)=O)C(=O)[C@@]2(O)C(O)=C3C(=O)c4c(O)c5c(c(F)c4C[C@H]3C[C@@H]12)CN(C(C)(C)C1CC1)C5. The zero-order chi connectivity index (χ0) is 29.2. The van der Waals surface area contributed by atoms with Gasteiger partial charge in [-0.15, -0.1) is 0 Å². The average Bonchev–Trinajstić information content (AvgIpc) is 3.63. The highest BCUT2D eigenvalue weighted by atomic mass is 19.1. The van der Waals surface area contributed by atoms with Gasteiger partial charge in [0.1, 0.15) is 28.7 Å². The van der Waals surface area contributed by atoms with Crippen LogP contribution in [0, 0.1) is 23.6 Å². The van der Waals surface area contributed by atoms with Crippen LogP contribution < -0.4 is 5.73 Å². The number of hydrogen-bond acceptors (Lipinski definition) is 9. The zero-order valence-electron chi connectivity index (χ0n) is 22.9. The Bertz CT molecular complexity index is 1470. The summed E-state index contributed by atoms with van der Waals surface area (Å²) in [5, 5.41) is 45.3. The molecule has 4 aliphatic carbocycles. The lowest BCUT2D eigenvalue weighted by molar-refractivity contribution is -0.148. The topological polar surface area (TPSA) is 165 Å². The molecule has 6 rings (SSSR count). The summed E-state index contributed by atoms with van der Waals surface area (Å²) < 4.78 is 16.1. The highest BCUT2D eigenvalue weighted by Gasteiger charge is 2.63. The first-order valence-corrected chi connectivity index (χ1v) is 13.6. The highest BCUT2D eigenvalue weighted by molar-refractivity contribution is 6.24. The van der Waals surface area contributed by atoms with Crippen LogP contribution in [-0.4, -0.2) is 79.0 Å². The maximum atomic E-state index is 16.1. The molecule has 1 aromatic rings. The number of hydrogen-bond donors (Lipinski definition) is 5. The molecule has 1 aromatic carbocycles. The summed E-state index contributed by atoms with van der Waals surface area (Å²) in [5.74, 6) is -7.46. The molecule has 1 fully saturated rings. The van der Waals surface area contributed by atoms with Crippen LogP contribution in [0.2, 0.25) is 0 Å². The molecule has 1 aliphatic heterocycles. The van der Waals surface area contributed by atoms with Gasteiger partial charge in [0, 0.05) is 46.8 Å². The number of phenolic OH excluding ortho intramolecular Hbond substituents is 1. The number of halogens is 1. The summed E-state index contributed by atoms with van der Waals surface area (Å²) >= 11 is 0. The lowest BCUT2D eigenvalue weighted by atomic mass is 9.58. The van der Waals surface area contributed by atoms with Crippen molar-refractivity contribution in [2.75, 3.05) is 14.1 Å².